The van der Waals surface area contributed by atoms with Crippen molar-refractivity contribution in [1.29, 1.82) is 0 Å². The highest BCUT2D eigenvalue weighted by molar-refractivity contribution is 7.89. The summed E-state index contributed by atoms with van der Waals surface area (Å²) in [6.45, 7) is 2.46. The molecule has 1 atom stereocenters. The van der Waals surface area contributed by atoms with Crippen LogP contribution in [0.1, 0.15) is 26.2 Å². The summed E-state index contributed by atoms with van der Waals surface area (Å²) in [7, 11) is -3.37. The average Bonchev–Trinajstić information content (AvgIpc) is 2.55. The second-order valence-electron chi connectivity index (χ2n) is 6.22. The fraction of sp³-hybridized carbons (Fsp3) is 0.562. The molecule has 152 valence electrons. The predicted molar refractivity (Wildman–Crippen MR) is 94.0 cm³/mol. The number of amides is 2. The van der Waals surface area contributed by atoms with Crippen molar-refractivity contribution in [2.24, 2.45) is 0 Å². The molecule has 1 aromatic rings. The number of piperidine rings is 1. The number of carbonyl (C=O) groups excluding carboxylic acids is 1. The molecule has 1 fully saturated rings. The van der Waals surface area contributed by atoms with Crippen LogP contribution in [0.25, 0.3) is 0 Å². The van der Waals surface area contributed by atoms with Gasteiger partial charge >= 0.3 is 12.4 Å². The zero-order valence-corrected chi connectivity index (χ0v) is 15.6. The van der Waals surface area contributed by atoms with Crippen molar-refractivity contribution in [3.8, 4) is 5.75 Å². The Kier molecular flexibility index (Phi) is 6.93. The number of benzene rings is 1. The summed E-state index contributed by atoms with van der Waals surface area (Å²) in [6, 6.07) is 3.99. The molecule has 7 nitrogen and oxygen atoms in total. The summed E-state index contributed by atoms with van der Waals surface area (Å²) in [5.41, 5.74) is 0.309. The van der Waals surface area contributed by atoms with Gasteiger partial charge in [0.05, 0.1) is 5.75 Å². The van der Waals surface area contributed by atoms with Crippen LogP contribution in [0.4, 0.5) is 23.7 Å². The van der Waals surface area contributed by atoms with E-state index < -0.39 is 22.4 Å². The van der Waals surface area contributed by atoms with Crippen LogP contribution in [0, 0.1) is 0 Å². The van der Waals surface area contributed by atoms with Gasteiger partial charge in [0.1, 0.15) is 5.75 Å². The lowest BCUT2D eigenvalue weighted by Crippen LogP contribution is -2.51. The van der Waals surface area contributed by atoms with Crippen molar-refractivity contribution < 1.29 is 31.1 Å². The normalized spacial score (nSPS) is 18.2. The number of nitrogens with zero attached hydrogens (tertiary/aromatic N) is 1. The van der Waals surface area contributed by atoms with Crippen LogP contribution in [-0.2, 0) is 10.0 Å². The van der Waals surface area contributed by atoms with Crippen molar-refractivity contribution in [1.82, 2.24) is 9.62 Å². The maximum atomic E-state index is 12.3. The first-order valence-electron chi connectivity index (χ1n) is 8.50. The Morgan fingerprint density at radius 3 is 2.56 bits per heavy atom. The second-order valence-corrected chi connectivity index (χ2v) is 8.10. The van der Waals surface area contributed by atoms with E-state index in [-0.39, 0.29) is 24.1 Å². The molecule has 2 amide bonds. The molecule has 0 aromatic heterocycles. The number of sulfonamides is 1. The van der Waals surface area contributed by atoms with Crippen LogP contribution in [0.3, 0.4) is 0 Å². The first-order chi connectivity index (χ1) is 12.6. The summed E-state index contributed by atoms with van der Waals surface area (Å²) in [4.78, 5) is 13.8. The van der Waals surface area contributed by atoms with Gasteiger partial charge in [-0.15, -0.1) is 13.2 Å². The Bertz CT molecular complexity index is 738. The number of rotatable bonds is 6. The third-order valence-corrected chi connectivity index (χ3v) is 5.51. The van der Waals surface area contributed by atoms with Crippen LogP contribution >= 0.6 is 0 Å². The molecule has 1 heterocycles. The minimum absolute atomic E-state index is 0.0298. The number of alkyl halides is 3. The number of urea groups is 1. The van der Waals surface area contributed by atoms with E-state index in [0.717, 1.165) is 12.1 Å². The van der Waals surface area contributed by atoms with Gasteiger partial charge in [-0.3, -0.25) is 0 Å². The van der Waals surface area contributed by atoms with Crippen LogP contribution in [-0.4, -0.2) is 50.6 Å². The Labute approximate surface area is 155 Å². The van der Waals surface area contributed by atoms with Gasteiger partial charge in [-0.25, -0.2) is 17.9 Å². The molecule has 2 N–H and O–H groups in total. The minimum Gasteiger partial charge on any atom is -0.406 e. The molecule has 1 aliphatic heterocycles. The Morgan fingerprint density at radius 1 is 1.30 bits per heavy atom. The Balaban J connectivity index is 1.91. The van der Waals surface area contributed by atoms with Gasteiger partial charge in [-0.2, -0.15) is 0 Å². The van der Waals surface area contributed by atoms with E-state index in [2.05, 4.69) is 14.8 Å². The number of halogens is 3. The second kappa shape index (κ2) is 8.79. The molecule has 0 bridgehead atoms. The highest BCUT2D eigenvalue weighted by Gasteiger charge is 2.31. The van der Waals surface area contributed by atoms with E-state index >= 15 is 0 Å². The number of anilines is 1. The molecule has 1 aromatic carbocycles. The van der Waals surface area contributed by atoms with E-state index in [9.17, 15) is 26.4 Å². The molecule has 27 heavy (non-hydrogen) atoms. The number of nitrogens with one attached hydrogen (secondary N) is 2. The predicted octanol–water partition coefficient (Wildman–Crippen LogP) is 2.91. The van der Waals surface area contributed by atoms with E-state index in [1.54, 1.807) is 6.92 Å². The largest absolute Gasteiger partial charge is 0.573 e. The maximum Gasteiger partial charge on any atom is 0.573 e. The van der Waals surface area contributed by atoms with Crippen molar-refractivity contribution in [2.45, 2.75) is 38.6 Å². The van der Waals surface area contributed by atoms with Crippen LogP contribution in [0.2, 0.25) is 0 Å². The highest BCUT2D eigenvalue weighted by atomic mass is 32.2. The number of likely N-dealkylation sites (tertiary alicyclic amines) is 1. The molecule has 1 aliphatic rings. The lowest BCUT2D eigenvalue weighted by Gasteiger charge is -2.33. The van der Waals surface area contributed by atoms with Crippen LogP contribution in [0.5, 0.6) is 5.75 Å². The van der Waals surface area contributed by atoms with Gasteiger partial charge in [-0.1, -0.05) is 6.92 Å². The van der Waals surface area contributed by atoms with Gasteiger partial charge < -0.3 is 15.0 Å². The zero-order valence-electron chi connectivity index (χ0n) is 14.8. The summed E-state index contributed by atoms with van der Waals surface area (Å²) in [6.07, 6.45) is -3.00. The number of carbonyl (C=O) groups is 1. The molecule has 1 saturated heterocycles. The molecule has 11 heteroatoms. The Morgan fingerprint density at radius 2 is 1.96 bits per heavy atom. The number of hydrogen-bond acceptors (Lipinski definition) is 4. The van der Waals surface area contributed by atoms with Crippen LogP contribution in [0.15, 0.2) is 24.3 Å². The summed E-state index contributed by atoms with van der Waals surface area (Å²) in [5.74, 6) is -0.356. The Hall–Kier alpha value is -2.01. The van der Waals surface area contributed by atoms with Crippen molar-refractivity contribution in [3.05, 3.63) is 24.3 Å². The first kappa shape index (κ1) is 21.3. The maximum absolute atomic E-state index is 12.3. The van der Waals surface area contributed by atoms with Crippen molar-refractivity contribution in [3.63, 3.8) is 0 Å². The SMILES string of the molecule is CCCS(=O)(=O)N[C@@H]1CCCN(C(=O)Nc2ccc(OC(F)(F)F)cc2)C1. The van der Waals surface area contributed by atoms with Crippen LogP contribution < -0.4 is 14.8 Å². The van der Waals surface area contributed by atoms with E-state index in [0.29, 0.717) is 31.5 Å². The lowest BCUT2D eigenvalue weighted by atomic mass is 10.1. The first-order valence-corrected chi connectivity index (χ1v) is 10.1. The van der Waals surface area contributed by atoms with E-state index in [4.69, 9.17) is 0 Å². The molecule has 0 spiro atoms. The van der Waals surface area contributed by atoms with E-state index in [1.807, 2.05) is 0 Å². The summed E-state index contributed by atoms with van der Waals surface area (Å²) < 4.78 is 66.6. The molecular weight excluding hydrogens is 387 g/mol. The fourth-order valence-corrected chi connectivity index (χ4v) is 4.14. The molecule has 0 saturated carbocycles. The molecule has 2 rings (SSSR count). The minimum atomic E-state index is -4.78. The van der Waals surface area contributed by atoms with Gasteiger partial charge in [0.25, 0.3) is 0 Å². The standard InChI is InChI=1S/C16H22F3N3O4S/c1-2-10-27(24,25)21-13-4-3-9-22(11-13)15(23)20-12-5-7-14(8-6-12)26-16(17,18)19/h5-8,13,21H,2-4,9-11H2,1H3,(H,20,23)/t13-/m1/s1. The molecule has 0 radical (unpaired) electrons. The van der Waals surface area contributed by atoms with Crippen molar-refractivity contribution in [2.75, 3.05) is 24.2 Å². The van der Waals surface area contributed by atoms with Gasteiger partial charge in [0.2, 0.25) is 10.0 Å². The molecule has 0 aliphatic carbocycles. The van der Waals surface area contributed by atoms with Gasteiger partial charge in [-0.05, 0) is 43.5 Å². The average molecular weight is 409 g/mol. The number of ether oxygens (including phenoxy) is 1. The number of hydrogen-bond donors (Lipinski definition) is 2. The van der Waals surface area contributed by atoms with Gasteiger partial charge in [0, 0.05) is 24.8 Å². The smallest absolute Gasteiger partial charge is 0.406 e. The molecular formula is C16H22F3N3O4S. The summed E-state index contributed by atoms with van der Waals surface area (Å²) in [5, 5.41) is 2.58. The third-order valence-electron chi connectivity index (χ3n) is 3.87. The quantitative estimate of drug-likeness (QED) is 0.756. The topological polar surface area (TPSA) is 87.7 Å². The lowest BCUT2D eigenvalue weighted by molar-refractivity contribution is -0.274. The third kappa shape index (κ3) is 7.25. The van der Waals surface area contributed by atoms with E-state index in [1.165, 1.54) is 17.0 Å². The van der Waals surface area contributed by atoms with Crippen molar-refractivity contribution >= 4 is 21.7 Å². The fourth-order valence-electron chi connectivity index (χ4n) is 2.78. The molecule has 0 unspecified atom stereocenters. The highest BCUT2D eigenvalue weighted by Crippen LogP contribution is 2.24. The monoisotopic (exact) mass is 409 g/mol. The zero-order chi connectivity index (χ0) is 20.1. The van der Waals surface area contributed by atoms with Gasteiger partial charge in [0.15, 0.2) is 0 Å². The summed E-state index contributed by atoms with van der Waals surface area (Å²) >= 11 is 0.